The molecular weight excluding hydrogens is 340 g/mol. The summed E-state index contributed by atoms with van der Waals surface area (Å²) in [6.45, 7) is 4.49. The first kappa shape index (κ1) is 17.9. The van der Waals surface area contributed by atoms with Gasteiger partial charge in [0.1, 0.15) is 6.61 Å². The Kier molecular flexibility index (Phi) is 3.93. The van der Waals surface area contributed by atoms with Crippen molar-refractivity contribution in [1.29, 1.82) is 0 Å². The zero-order chi connectivity index (χ0) is 18.9. The Balaban J connectivity index is 1.44. The van der Waals surface area contributed by atoms with Crippen LogP contribution in [0.4, 0.5) is 0 Å². The summed E-state index contributed by atoms with van der Waals surface area (Å²) in [4.78, 5) is 24.0. The summed E-state index contributed by atoms with van der Waals surface area (Å²) in [5, 5.41) is 0. The molecule has 148 valence electrons. The lowest BCUT2D eigenvalue weighted by atomic mass is 9.45. The average Bonchev–Trinajstić information content (AvgIpc) is 3.11. The van der Waals surface area contributed by atoms with Crippen LogP contribution in [0.25, 0.3) is 0 Å². The number of hydrogen-bond donors (Lipinski definition) is 0. The van der Waals surface area contributed by atoms with Gasteiger partial charge in [-0.3, -0.25) is 9.59 Å². The first-order valence-electron chi connectivity index (χ1n) is 10.9. The third-order valence-electron chi connectivity index (χ3n) is 9.13. The highest BCUT2D eigenvalue weighted by Gasteiger charge is 2.70. The predicted octanol–water partition coefficient (Wildman–Crippen LogP) is 4.22. The molecule has 4 heteroatoms. The Bertz CT molecular complexity index is 707. The predicted molar refractivity (Wildman–Crippen MR) is 101 cm³/mol. The standard InChI is InChI=1S/C23H32O4/c1-15(24)26-13-18(25)17-6-7-19-21(17,2)11-9-20-22-10-4-3-5-16(22)8-12-23(19,20)27-14-22/h7,16-17,20H,3-6,8-14H2,1-2H3/t16-,17-,20-,21-,22-,23-/m1/s1. The monoisotopic (exact) mass is 372 g/mol. The van der Waals surface area contributed by atoms with E-state index < -0.39 is 0 Å². The van der Waals surface area contributed by atoms with E-state index in [9.17, 15) is 9.59 Å². The van der Waals surface area contributed by atoms with Crippen LogP contribution in [0.3, 0.4) is 0 Å². The van der Waals surface area contributed by atoms with E-state index in [1.807, 2.05) is 0 Å². The Morgan fingerprint density at radius 1 is 1.19 bits per heavy atom. The maximum Gasteiger partial charge on any atom is 0.303 e. The Hall–Kier alpha value is -1.16. The topological polar surface area (TPSA) is 52.6 Å². The summed E-state index contributed by atoms with van der Waals surface area (Å²) in [6.07, 6.45) is 13.3. The highest BCUT2D eigenvalue weighted by atomic mass is 16.5. The van der Waals surface area contributed by atoms with Crippen molar-refractivity contribution in [1.82, 2.24) is 0 Å². The van der Waals surface area contributed by atoms with Crippen molar-refractivity contribution in [3.05, 3.63) is 11.6 Å². The van der Waals surface area contributed by atoms with Gasteiger partial charge < -0.3 is 9.47 Å². The van der Waals surface area contributed by atoms with Crippen LogP contribution in [-0.2, 0) is 19.1 Å². The maximum absolute atomic E-state index is 12.8. The number of esters is 1. The molecule has 1 spiro atoms. The molecule has 5 aliphatic rings. The third-order valence-corrected chi connectivity index (χ3v) is 9.13. The summed E-state index contributed by atoms with van der Waals surface area (Å²) >= 11 is 0. The van der Waals surface area contributed by atoms with Gasteiger partial charge in [0.15, 0.2) is 5.78 Å². The first-order valence-corrected chi connectivity index (χ1v) is 10.9. The number of allylic oxidation sites excluding steroid dienone is 1. The third kappa shape index (κ3) is 2.25. The van der Waals surface area contributed by atoms with E-state index in [0.29, 0.717) is 11.3 Å². The van der Waals surface area contributed by atoms with Crippen LogP contribution in [-0.4, -0.2) is 30.6 Å². The van der Waals surface area contributed by atoms with E-state index >= 15 is 0 Å². The van der Waals surface area contributed by atoms with Gasteiger partial charge in [-0.1, -0.05) is 25.8 Å². The van der Waals surface area contributed by atoms with Crippen LogP contribution >= 0.6 is 0 Å². The minimum absolute atomic E-state index is 0.0635. The molecule has 2 bridgehead atoms. The van der Waals surface area contributed by atoms with Crippen LogP contribution in [0, 0.1) is 28.6 Å². The second-order valence-corrected chi connectivity index (χ2v) is 10.1. The molecule has 0 aromatic heterocycles. The minimum Gasteiger partial charge on any atom is -0.458 e. The second kappa shape index (κ2) is 5.92. The molecule has 0 radical (unpaired) electrons. The lowest BCUT2D eigenvalue weighted by Crippen LogP contribution is -2.57. The van der Waals surface area contributed by atoms with Gasteiger partial charge in [-0.15, -0.1) is 0 Å². The lowest BCUT2D eigenvalue weighted by molar-refractivity contribution is -0.148. The number of hydrogen-bond acceptors (Lipinski definition) is 4. The van der Waals surface area contributed by atoms with Gasteiger partial charge in [-0.2, -0.15) is 0 Å². The zero-order valence-corrected chi connectivity index (χ0v) is 16.7. The molecule has 0 N–H and O–H groups in total. The molecule has 4 fully saturated rings. The molecule has 6 atom stereocenters. The van der Waals surface area contributed by atoms with Gasteiger partial charge in [-0.25, -0.2) is 0 Å². The van der Waals surface area contributed by atoms with Crippen molar-refractivity contribution in [3.63, 3.8) is 0 Å². The van der Waals surface area contributed by atoms with E-state index in [-0.39, 0.29) is 35.3 Å². The van der Waals surface area contributed by atoms with Gasteiger partial charge in [0.05, 0.1) is 12.2 Å². The summed E-state index contributed by atoms with van der Waals surface area (Å²) in [6, 6.07) is 0. The number of ketones is 1. The van der Waals surface area contributed by atoms with E-state index in [0.717, 1.165) is 31.8 Å². The van der Waals surface area contributed by atoms with Crippen molar-refractivity contribution in [2.24, 2.45) is 28.6 Å². The van der Waals surface area contributed by atoms with Crippen molar-refractivity contribution in [2.75, 3.05) is 13.2 Å². The smallest absolute Gasteiger partial charge is 0.303 e. The molecule has 4 aliphatic carbocycles. The molecule has 0 unspecified atom stereocenters. The Morgan fingerprint density at radius 3 is 2.85 bits per heavy atom. The summed E-state index contributed by atoms with van der Waals surface area (Å²) in [5.41, 5.74) is 1.59. The van der Waals surface area contributed by atoms with E-state index in [1.54, 1.807) is 0 Å². The SMILES string of the molecule is CC(=O)OCC(=O)[C@H]1CC=C2[C@]1(C)CC[C@@H]1[C@@]34CCCC[C@@H]3CC[C@@]21OC4. The van der Waals surface area contributed by atoms with Gasteiger partial charge in [0.25, 0.3) is 0 Å². The summed E-state index contributed by atoms with van der Waals surface area (Å²) < 4.78 is 11.8. The van der Waals surface area contributed by atoms with Gasteiger partial charge in [0, 0.05) is 23.7 Å². The number of rotatable bonds is 3. The molecule has 0 aromatic rings. The molecular formula is C23H32O4. The summed E-state index contributed by atoms with van der Waals surface area (Å²) in [7, 11) is 0. The molecule has 1 saturated heterocycles. The van der Waals surface area contributed by atoms with Gasteiger partial charge in [0.2, 0.25) is 0 Å². The Morgan fingerprint density at radius 2 is 2.04 bits per heavy atom. The number of carbonyl (C=O) groups is 2. The quantitative estimate of drug-likeness (QED) is 0.550. The van der Waals surface area contributed by atoms with Crippen LogP contribution in [0.15, 0.2) is 11.6 Å². The zero-order valence-electron chi connectivity index (χ0n) is 16.7. The lowest BCUT2D eigenvalue weighted by Gasteiger charge is -2.58. The second-order valence-electron chi connectivity index (χ2n) is 10.1. The molecule has 27 heavy (non-hydrogen) atoms. The number of ether oxygens (including phenoxy) is 2. The fourth-order valence-electron chi connectivity index (χ4n) is 7.99. The number of fused-ring (bicyclic) bond motifs is 1. The largest absolute Gasteiger partial charge is 0.458 e. The molecule has 0 amide bonds. The van der Waals surface area contributed by atoms with Crippen LogP contribution in [0.2, 0.25) is 0 Å². The van der Waals surface area contributed by atoms with Crippen LogP contribution < -0.4 is 0 Å². The van der Waals surface area contributed by atoms with E-state index in [1.165, 1.54) is 51.0 Å². The molecule has 5 rings (SSSR count). The van der Waals surface area contributed by atoms with Crippen molar-refractivity contribution in [2.45, 2.75) is 77.2 Å². The minimum atomic E-state index is -0.376. The molecule has 3 saturated carbocycles. The fourth-order valence-corrected chi connectivity index (χ4v) is 7.99. The highest BCUT2D eigenvalue weighted by molar-refractivity contribution is 5.86. The fraction of sp³-hybridized carbons (Fsp3) is 0.826. The molecule has 1 aliphatic heterocycles. The molecule has 0 aromatic carbocycles. The normalized spacial score (nSPS) is 47.5. The Labute approximate surface area is 162 Å². The van der Waals surface area contributed by atoms with Crippen molar-refractivity contribution >= 4 is 11.8 Å². The maximum atomic E-state index is 12.8. The summed E-state index contributed by atoms with van der Waals surface area (Å²) in [5.74, 6) is 1.13. The number of Topliss-reactive ketones (excluding diaryl/α,β-unsaturated/α-hetero) is 1. The first-order chi connectivity index (χ1) is 12.9. The number of carbonyl (C=O) groups excluding carboxylic acids is 2. The molecule has 1 heterocycles. The van der Waals surface area contributed by atoms with Crippen molar-refractivity contribution in [3.8, 4) is 0 Å². The average molecular weight is 373 g/mol. The van der Waals surface area contributed by atoms with E-state index in [4.69, 9.17) is 9.47 Å². The van der Waals surface area contributed by atoms with Gasteiger partial charge >= 0.3 is 5.97 Å². The van der Waals surface area contributed by atoms with Crippen molar-refractivity contribution < 1.29 is 19.1 Å². The van der Waals surface area contributed by atoms with E-state index in [2.05, 4.69) is 13.0 Å². The van der Waals surface area contributed by atoms with Crippen LogP contribution in [0.5, 0.6) is 0 Å². The highest BCUT2D eigenvalue weighted by Crippen LogP contribution is 2.71. The van der Waals surface area contributed by atoms with Gasteiger partial charge in [-0.05, 0) is 62.4 Å². The molecule has 4 nitrogen and oxygen atoms in total. The van der Waals surface area contributed by atoms with Crippen LogP contribution in [0.1, 0.15) is 71.6 Å².